The van der Waals surface area contributed by atoms with E-state index in [9.17, 15) is 17.6 Å². The van der Waals surface area contributed by atoms with E-state index in [-0.39, 0.29) is 28.3 Å². The molecule has 0 radical (unpaired) electrons. The predicted octanol–water partition coefficient (Wildman–Crippen LogP) is 5.02. The SMILES string of the molecule is O=C(Nc1ccccc1NS(=O)(=O)c1ccc(F)cc1)C1CC1c1ccccc1Cl. The Morgan fingerprint density at radius 3 is 2.27 bits per heavy atom. The largest absolute Gasteiger partial charge is 0.324 e. The molecule has 1 aliphatic carbocycles. The molecule has 3 aromatic rings. The molecule has 30 heavy (non-hydrogen) atoms. The van der Waals surface area contributed by atoms with Gasteiger partial charge < -0.3 is 5.32 Å². The first-order valence-corrected chi connectivity index (χ1v) is 11.1. The highest BCUT2D eigenvalue weighted by Gasteiger charge is 2.44. The monoisotopic (exact) mass is 444 g/mol. The van der Waals surface area contributed by atoms with E-state index in [2.05, 4.69) is 10.0 Å². The summed E-state index contributed by atoms with van der Waals surface area (Å²) in [6.07, 6.45) is 0.680. The molecular weight excluding hydrogens is 427 g/mol. The van der Waals surface area contributed by atoms with Gasteiger partial charge in [-0.05, 0) is 60.4 Å². The van der Waals surface area contributed by atoms with Crippen LogP contribution in [0.4, 0.5) is 15.8 Å². The van der Waals surface area contributed by atoms with Gasteiger partial charge in [-0.1, -0.05) is 41.9 Å². The predicted molar refractivity (Wildman–Crippen MR) is 115 cm³/mol. The zero-order valence-electron chi connectivity index (χ0n) is 15.7. The summed E-state index contributed by atoms with van der Waals surface area (Å²) in [5, 5.41) is 3.44. The van der Waals surface area contributed by atoms with Crippen molar-refractivity contribution in [1.29, 1.82) is 0 Å². The van der Waals surface area contributed by atoms with Crippen LogP contribution in [0.3, 0.4) is 0 Å². The van der Waals surface area contributed by atoms with Crippen LogP contribution in [0.2, 0.25) is 5.02 Å². The van der Waals surface area contributed by atoms with E-state index in [0.29, 0.717) is 17.1 Å². The summed E-state index contributed by atoms with van der Waals surface area (Å²) >= 11 is 6.22. The van der Waals surface area contributed by atoms with Gasteiger partial charge in [-0.2, -0.15) is 0 Å². The van der Waals surface area contributed by atoms with E-state index < -0.39 is 15.8 Å². The van der Waals surface area contributed by atoms with Gasteiger partial charge in [0.2, 0.25) is 5.91 Å². The van der Waals surface area contributed by atoms with Crippen molar-refractivity contribution >= 4 is 38.9 Å². The number of hydrogen-bond donors (Lipinski definition) is 2. The standard InChI is InChI=1S/C22H18ClFN2O3S/c23-19-6-2-1-5-16(19)17-13-18(17)22(27)25-20-7-3-4-8-21(20)26-30(28,29)15-11-9-14(24)10-12-15/h1-12,17-18,26H,13H2,(H,25,27). The highest BCUT2D eigenvalue weighted by Crippen LogP contribution is 2.50. The smallest absolute Gasteiger partial charge is 0.261 e. The summed E-state index contributed by atoms with van der Waals surface area (Å²) in [5.41, 5.74) is 1.51. The molecule has 5 nitrogen and oxygen atoms in total. The Labute approximate surface area is 178 Å². The first-order valence-electron chi connectivity index (χ1n) is 9.28. The molecular formula is C22H18ClFN2O3S. The lowest BCUT2D eigenvalue weighted by Gasteiger charge is -2.14. The lowest BCUT2D eigenvalue weighted by molar-refractivity contribution is -0.117. The molecule has 154 valence electrons. The fourth-order valence-electron chi connectivity index (χ4n) is 3.33. The first-order chi connectivity index (χ1) is 14.3. The number of nitrogens with one attached hydrogen (secondary N) is 2. The summed E-state index contributed by atoms with van der Waals surface area (Å²) in [6.45, 7) is 0. The van der Waals surface area contributed by atoms with Gasteiger partial charge in [0.1, 0.15) is 5.82 Å². The van der Waals surface area contributed by atoms with Gasteiger partial charge in [-0.3, -0.25) is 9.52 Å². The number of carbonyl (C=O) groups excluding carboxylic acids is 1. The van der Waals surface area contributed by atoms with E-state index in [4.69, 9.17) is 11.6 Å². The van der Waals surface area contributed by atoms with Crippen LogP contribution >= 0.6 is 11.6 Å². The van der Waals surface area contributed by atoms with Crippen LogP contribution in [0.25, 0.3) is 0 Å². The molecule has 1 fully saturated rings. The number of rotatable bonds is 6. The van der Waals surface area contributed by atoms with E-state index >= 15 is 0 Å². The van der Waals surface area contributed by atoms with Crippen molar-refractivity contribution in [3.63, 3.8) is 0 Å². The molecule has 2 unspecified atom stereocenters. The van der Waals surface area contributed by atoms with Gasteiger partial charge >= 0.3 is 0 Å². The molecule has 2 atom stereocenters. The van der Waals surface area contributed by atoms with Crippen molar-refractivity contribution < 1.29 is 17.6 Å². The number of halogens is 2. The lowest BCUT2D eigenvalue weighted by atomic mass is 10.1. The van der Waals surface area contributed by atoms with Gasteiger partial charge in [-0.15, -0.1) is 0 Å². The summed E-state index contributed by atoms with van der Waals surface area (Å²) < 4.78 is 40.8. The number of anilines is 2. The fraction of sp³-hybridized carbons (Fsp3) is 0.136. The third-order valence-corrected chi connectivity index (χ3v) is 6.71. The van der Waals surface area contributed by atoms with Crippen LogP contribution in [0, 0.1) is 11.7 Å². The molecule has 0 aromatic heterocycles. The van der Waals surface area contributed by atoms with Crippen LogP contribution in [0.5, 0.6) is 0 Å². The molecule has 1 amide bonds. The number of carbonyl (C=O) groups is 1. The van der Waals surface area contributed by atoms with Crippen molar-refractivity contribution in [3.8, 4) is 0 Å². The second-order valence-electron chi connectivity index (χ2n) is 7.06. The maximum Gasteiger partial charge on any atom is 0.261 e. The molecule has 0 bridgehead atoms. The second-order valence-corrected chi connectivity index (χ2v) is 9.15. The summed E-state index contributed by atoms with van der Waals surface area (Å²) in [7, 11) is -3.94. The van der Waals surface area contributed by atoms with Crippen molar-refractivity contribution in [3.05, 3.63) is 89.2 Å². The minimum absolute atomic E-state index is 0.0433. The Hall–Kier alpha value is -2.90. The van der Waals surface area contributed by atoms with Gasteiger partial charge in [0.15, 0.2) is 0 Å². The highest BCUT2D eigenvalue weighted by atomic mass is 35.5. The van der Waals surface area contributed by atoms with Gasteiger partial charge in [0.05, 0.1) is 16.3 Å². The Kier molecular flexibility index (Phi) is 5.49. The van der Waals surface area contributed by atoms with Crippen LogP contribution in [0.15, 0.2) is 77.7 Å². The third kappa shape index (κ3) is 4.32. The second kappa shape index (κ2) is 8.08. The zero-order chi connectivity index (χ0) is 21.3. The van der Waals surface area contributed by atoms with Crippen molar-refractivity contribution in [1.82, 2.24) is 0 Å². The Morgan fingerprint density at radius 1 is 0.933 bits per heavy atom. The average Bonchev–Trinajstić information content (AvgIpc) is 3.51. The van der Waals surface area contributed by atoms with E-state index in [1.807, 2.05) is 18.2 Å². The minimum Gasteiger partial charge on any atom is -0.324 e. The maximum atomic E-state index is 13.1. The summed E-state index contributed by atoms with van der Waals surface area (Å²) in [5.74, 6) is -0.916. The van der Waals surface area contributed by atoms with Gasteiger partial charge in [0.25, 0.3) is 10.0 Å². The van der Waals surface area contributed by atoms with Crippen LogP contribution < -0.4 is 10.0 Å². The van der Waals surface area contributed by atoms with E-state index in [1.54, 1.807) is 30.3 Å². The van der Waals surface area contributed by atoms with E-state index in [1.165, 1.54) is 12.1 Å². The molecule has 1 saturated carbocycles. The number of para-hydroxylation sites is 2. The Balaban J connectivity index is 1.49. The first kappa shape index (κ1) is 20.4. The van der Waals surface area contributed by atoms with Gasteiger partial charge in [-0.25, -0.2) is 12.8 Å². The maximum absolute atomic E-state index is 13.1. The lowest BCUT2D eigenvalue weighted by Crippen LogP contribution is -2.18. The Morgan fingerprint density at radius 2 is 1.57 bits per heavy atom. The van der Waals surface area contributed by atoms with Crippen LogP contribution in [-0.4, -0.2) is 14.3 Å². The highest BCUT2D eigenvalue weighted by molar-refractivity contribution is 7.92. The van der Waals surface area contributed by atoms with E-state index in [0.717, 1.165) is 17.7 Å². The van der Waals surface area contributed by atoms with Crippen LogP contribution in [-0.2, 0) is 14.8 Å². The minimum atomic E-state index is -3.94. The fourth-order valence-corrected chi connectivity index (χ4v) is 4.68. The molecule has 0 aliphatic heterocycles. The Bertz CT molecular complexity index is 1200. The van der Waals surface area contributed by atoms with Crippen molar-refractivity contribution in [2.75, 3.05) is 10.0 Å². The molecule has 8 heteroatoms. The number of benzene rings is 3. The molecule has 2 N–H and O–H groups in total. The quantitative estimate of drug-likeness (QED) is 0.560. The summed E-state index contributed by atoms with van der Waals surface area (Å²) in [6, 6.07) is 18.5. The van der Waals surface area contributed by atoms with Gasteiger partial charge in [0, 0.05) is 10.9 Å². The molecule has 0 spiro atoms. The zero-order valence-corrected chi connectivity index (χ0v) is 17.3. The number of hydrogen-bond acceptors (Lipinski definition) is 3. The molecule has 4 rings (SSSR count). The summed E-state index contributed by atoms with van der Waals surface area (Å²) in [4.78, 5) is 12.6. The average molecular weight is 445 g/mol. The molecule has 0 saturated heterocycles. The van der Waals surface area contributed by atoms with Crippen LogP contribution in [0.1, 0.15) is 17.9 Å². The number of sulfonamides is 1. The number of amides is 1. The molecule has 0 heterocycles. The topological polar surface area (TPSA) is 75.3 Å². The third-order valence-electron chi connectivity index (χ3n) is 4.99. The van der Waals surface area contributed by atoms with Crippen molar-refractivity contribution in [2.24, 2.45) is 5.92 Å². The normalized spacial score (nSPS) is 17.9. The molecule has 3 aromatic carbocycles. The van der Waals surface area contributed by atoms with Crippen molar-refractivity contribution in [2.45, 2.75) is 17.2 Å². The molecule has 1 aliphatic rings.